The summed E-state index contributed by atoms with van der Waals surface area (Å²) in [5.41, 5.74) is 0.917. The van der Waals surface area contributed by atoms with Crippen molar-refractivity contribution in [2.45, 2.75) is 20.0 Å². The molecule has 2 heteroatoms. The molecular formula is C12H18O2. The van der Waals surface area contributed by atoms with E-state index >= 15 is 0 Å². The Bertz CT molecular complexity index is 258. The van der Waals surface area contributed by atoms with Gasteiger partial charge in [0.05, 0.1) is 6.10 Å². The van der Waals surface area contributed by atoms with E-state index in [1.54, 1.807) is 0 Å². The van der Waals surface area contributed by atoms with Crippen LogP contribution in [0.15, 0.2) is 30.3 Å². The minimum absolute atomic E-state index is 0.0717. The van der Waals surface area contributed by atoms with Crippen LogP contribution in [0.2, 0.25) is 0 Å². The first-order valence-corrected chi connectivity index (χ1v) is 5.00. The Morgan fingerprint density at radius 2 is 1.71 bits per heavy atom. The Labute approximate surface area is 85.2 Å². The number of benzene rings is 1. The van der Waals surface area contributed by atoms with Crippen LogP contribution in [0.3, 0.4) is 0 Å². The standard InChI is InChI=1S/C12H18O2/c1-9(8-13)10(2)12(14)11-6-4-3-5-7-11/h3-7,9-10,12-14H,8H2,1-2H3. The molecule has 1 aromatic rings. The van der Waals surface area contributed by atoms with Gasteiger partial charge in [-0.15, -0.1) is 0 Å². The molecule has 3 unspecified atom stereocenters. The Hall–Kier alpha value is -0.860. The monoisotopic (exact) mass is 194 g/mol. The van der Waals surface area contributed by atoms with Gasteiger partial charge in [0.15, 0.2) is 0 Å². The van der Waals surface area contributed by atoms with Crippen molar-refractivity contribution in [3.8, 4) is 0 Å². The van der Waals surface area contributed by atoms with Crippen molar-refractivity contribution in [3.63, 3.8) is 0 Å². The van der Waals surface area contributed by atoms with E-state index in [9.17, 15) is 5.11 Å². The van der Waals surface area contributed by atoms with Crippen molar-refractivity contribution >= 4 is 0 Å². The first-order chi connectivity index (χ1) is 6.66. The molecule has 0 aliphatic rings. The second-order valence-corrected chi connectivity index (χ2v) is 3.87. The summed E-state index contributed by atoms with van der Waals surface area (Å²) in [6.45, 7) is 4.01. The van der Waals surface area contributed by atoms with Crippen LogP contribution in [0.4, 0.5) is 0 Å². The second-order valence-electron chi connectivity index (χ2n) is 3.87. The van der Waals surface area contributed by atoms with Gasteiger partial charge in [0.2, 0.25) is 0 Å². The third-order valence-corrected chi connectivity index (χ3v) is 2.82. The molecular weight excluding hydrogens is 176 g/mol. The van der Waals surface area contributed by atoms with Crippen molar-refractivity contribution < 1.29 is 10.2 Å². The predicted molar refractivity (Wildman–Crippen MR) is 56.8 cm³/mol. The van der Waals surface area contributed by atoms with Gasteiger partial charge in [0.25, 0.3) is 0 Å². The smallest absolute Gasteiger partial charge is 0.0818 e. The van der Waals surface area contributed by atoms with Gasteiger partial charge in [-0.1, -0.05) is 44.2 Å². The zero-order chi connectivity index (χ0) is 10.6. The number of hydrogen-bond donors (Lipinski definition) is 2. The molecule has 2 N–H and O–H groups in total. The van der Waals surface area contributed by atoms with Crippen LogP contribution in [-0.2, 0) is 0 Å². The average molecular weight is 194 g/mol. The molecule has 0 heterocycles. The van der Waals surface area contributed by atoms with Gasteiger partial charge >= 0.3 is 0 Å². The van der Waals surface area contributed by atoms with Gasteiger partial charge in [-0.25, -0.2) is 0 Å². The first-order valence-electron chi connectivity index (χ1n) is 5.00. The van der Waals surface area contributed by atoms with E-state index < -0.39 is 6.10 Å². The molecule has 0 amide bonds. The minimum Gasteiger partial charge on any atom is -0.396 e. The van der Waals surface area contributed by atoms with E-state index in [0.29, 0.717) is 0 Å². The molecule has 78 valence electrons. The highest BCUT2D eigenvalue weighted by Crippen LogP contribution is 2.27. The lowest BCUT2D eigenvalue weighted by molar-refractivity contribution is 0.0642. The molecule has 14 heavy (non-hydrogen) atoms. The van der Waals surface area contributed by atoms with Gasteiger partial charge in [-0.05, 0) is 17.4 Å². The molecule has 0 aliphatic heterocycles. The minimum atomic E-state index is -0.488. The fourth-order valence-electron chi connectivity index (χ4n) is 1.43. The lowest BCUT2D eigenvalue weighted by atomic mass is 9.87. The molecule has 1 aromatic carbocycles. The highest BCUT2D eigenvalue weighted by Gasteiger charge is 2.21. The quantitative estimate of drug-likeness (QED) is 0.769. The molecule has 0 spiro atoms. The van der Waals surface area contributed by atoms with E-state index in [2.05, 4.69) is 0 Å². The summed E-state index contributed by atoms with van der Waals surface area (Å²) in [5, 5.41) is 19.0. The summed E-state index contributed by atoms with van der Waals surface area (Å²) in [7, 11) is 0. The largest absolute Gasteiger partial charge is 0.396 e. The van der Waals surface area contributed by atoms with Crippen molar-refractivity contribution in [2.24, 2.45) is 11.8 Å². The predicted octanol–water partition coefficient (Wildman–Crippen LogP) is 1.98. The Morgan fingerprint density at radius 3 is 2.21 bits per heavy atom. The molecule has 0 aliphatic carbocycles. The van der Waals surface area contributed by atoms with Crippen LogP contribution < -0.4 is 0 Å². The van der Waals surface area contributed by atoms with Gasteiger partial charge in [-0.2, -0.15) is 0 Å². The van der Waals surface area contributed by atoms with E-state index in [-0.39, 0.29) is 18.4 Å². The van der Waals surface area contributed by atoms with Crippen molar-refractivity contribution in [2.75, 3.05) is 6.61 Å². The van der Waals surface area contributed by atoms with Gasteiger partial charge in [-0.3, -0.25) is 0 Å². The topological polar surface area (TPSA) is 40.5 Å². The SMILES string of the molecule is CC(CO)C(C)C(O)c1ccccc1. The summed E-state index contributed by atoms with van der Waals surface area (Å²) >= 11 is 0. The first kappa shape index (κ1) is 11.2. The number of aliphatic hydroxyl groups excluding tert-OH is 2. The molecule has 0 bridgehead atoms. The lowest BCUT2D eigenvalue weighted by Gasteiger charge is -2.23. The van der Waals surface area contributed by atoms with E-state index in [1.165, 1.54) is 0 Å². The summed E-state index contributed by atoms with van der Waals surface area (Å²) < 4.78 is 0. The van der Waals surface area contributed by atoms with Crippen LogP contribution in [-0.4, -0.2) is 16.8 Å². The number of hydrogen-bond acceptors (Lipinski definition) is 2. The van der Waals surface area contributed by atoms with Crippen molar-refractivity contribution in [3.05, 3.63) is 35.9 Å². The van der Waals surface area contributed by atoms with Crippen LogP contribution >= 0.6 is 0 Å². The normalized spacial score (nSPS) is 17.4. The van der Waals surface area contributed by atoms with Gasteiger partial charge < -0.3 is 10.2 Å². The second kappa shape index (κ2) is 5.13. The molecule has 0 saturated heterocycles. The molecule has 0 aromatic heterocycles. The molecule has 3 atom stereocenters. The van der Waals surface area contributed by atoms with Gasteiger partial charge in [0.1, 0.15) is 0 Å². The fourth-order valence-corrected chi connectivity index (χ4v) is 1.43. The lowest BCUT2D eigenvalue weighted by Crippen LogP contribution is -2.19. The van der Waals surface area contributed by atoms with E-state index in [0.717, 1.165) is 5.56 Å². The van der Waals surface area contributed by atoms with Gasteiger partial charge in [0, 0.05) is 6.61 Å². The molecule has 2 nitrogen and oxygen atoms in total. The summed E-state index contributed by atoms with van der Waals surface area (Å²) in [4.78, 5) is 0. The highest BCUT2D eigenvalue weighted by atomic mass is 16.3. The maximum atomic E-state index is 9.98. The zero-order valence-electron chi connectivity index (χ0n) is 8.72. The van der Waals surface area contributed by atoms with Crippen LogP contribution in [0.1, 0.15) is 25.5 Å². The summed E-state index contributed by atoms with van der Waals surface area (Å²) in [6.07, 6.45) is -0.488. The molecule has 1 rings (SSSR count). The Balaban J connectivity index is 2.70. The van der Waals surface area contributed by atoms with Crippen LogP contribution in [0, 0.1) is 11.8 Å². The maximum absolute atomic E-state index is 9.98. The molecule has 0 radical (unpaired) electrons. The highest BCUT2D eigenvalue weighted by molar-refractivity contribution is 5.17. The fraction of sp³-hybridized carbons (Fsp3) is 0.500. The zero-order valence-corrected chi connectivity index (χ0v) is 8.72. The summed E-state index contributed by atoms with van der Waals surface area (Å²) in [6, 6.07) is 9.57. The van der Waals surface area contributed by atoms with E-state index in [1.807, 2.05) is 44.2 Å². The Kier molecular flexibility index (Phi) is 4.11. The third-order valence-electron chi connectivity index (χ3n) is 2.82. The Morgan fingerprint density at radius 1 is 1.14 bits per heavy atom. The molecule has 0 fully saturated rings. The maximum Gasteiger partial charge on any atom is 0.0818 e. The molecule has 0 saturated carbocycles. The van der Waals surface area contributed by atoms with Crippen molar-refractivity contribution in [1.29, 1.82) is 0 Å². The third kappa shape index (κ3) is 2.56. The van der Waals surface area contributed by atoms with E-state index in [4.69, 9.17) is 5.11 Å². The van der Waals surface area contributed by atoms with Crippen molar-refractivity contribution in [1.82, 2.24) is 0 Å². The van der Waals surface area contributed by atoms with Crippen LogP contribution in [0.25, 0.3) is 0 Å². The average Bonchev–Trinajstić information content (AvgIpc) is 2.27. The van der Waals surface area contributed by atoms with Crippen LogP contribution in [0.5, 0.6) is 0 Å². The summed E-state index contributed by atoms with van der Waals surface area (Å²) in [5.74, 6) is 0.188. The number of aliphatic hydroxyl groups is 2. The number of rotatable bonds is 4.